The molecule has 0 bridgehead atoms. The molecule has 0 aliphatic heterocycles. The number of rotatable bonds is 8. The standard InChI is InChI=1S/C21H23NO5S/c1-3-27-21(25)18-15-12-13-8-4-5-9-14(13)19(15)28-20(18)22-16(23)10-6-7-11-17(24)26-2/h4-5,8-9H,3,6-7,10-12H2,1-2H3,(H,22,23). The van der Waals surface area contributed by atoms with Crippen LogP contribution in [0, 0.1) is 0 Å². The van der Waals surface area contributed by atoms with Crippen LogP contribution in [0.3, 0.4) is 0 Å². The number of thiophene rings is 1. The number of hydrogen-bond acceptors (Lipinski definition) is 6. The van der Waals surface area contributed by atoms with Gasteiger partial charge >= 0.3 is 11.9 Å². The number of amides is 1. The molecule has 0 saturated heterocycles. The van der Waals surface area contributed by atoms with Gasteiger partial charge in [-0.25, -0.2) is 4.79 Å². The fraction of sp³-hybridized carbons (Fsp3) is 0.381. The van der Waals surface area contributed by atoms with Gasteiger partial charge in [0.1, 0.15) is 5.00 Å². The lowest BCUT2D eigenvalue weighted by Gasteiger charge is -2.08. The van der Waals surface area contributed by atoms with Gasteiger partial charge in [-0.3, -0.25) is 9.59 Å². The first-order valence-corrected chi connectivity index (χ1v) is 10.1. The Morgan fingerprint density at radius 1 is 1.14 bits per heavy atom. The Hall–Kier alpha value is -2.67. The predicted molar refractivity (Wildman–Crippen MR) is 108 cm³/mol. The Morgan fingerprint density at radius 2 is 1.89 bits per heavy atom. The Bertz CT molecular complexity index is 902. The smallest absolute Gasteiger partial charge is 0.341 e. The molecular formula is C21H23NO5S. The molecule has 7 heteroatoms. The van der Waals surface area contributed by atoms with E-state index >= 15 is 0 Å². The fourth-order valence-electron chi connectivity index (χ4n) is 3.29. The van der Waals surface area contributed by atoms with Gasteiger partial charge in [0.15, 0.2) is 0 Å². The molecule has 0 atom stereocenters. The lowest BCUT2D eigenvalue weighted by Crippen LogP contribution is -2.15. The quantitative estimate of drug-likeness (QED) is 0.453. The van der Waals surface area contributed by atoms with E-state index in [4.69, 9.17) is 4.74 Å². The maximum absolute atomic E-state index is 12.6. The summed E-state index contributed by atoms with van der Waals surface area (Å²) in [5, 5.41) is 3.41. The highest BCUT2D eigenvalue weighted by Gasteiger charge is 2.31. The van der Waals surface area contributed by atoms with E-state index in [0.717, 1.165) is 16.0 Å². The van der Waals surface area contributed by atoms with E-state index < -0.39 is 5.97 Å². The summed E-state index contributed by atoms with van der Waals surface area (Å²) in [6.07, 6.45) is 2.38. The molecule has 1 amide bonds. The third-order valence-corrected chi connectivity index (χ3v) is 5.81. The molecular weight excluding hydrogens is 378 g/mol. The van der Waals surface area contributed by atoms with Crippen LogP contribution in [0.25, 0.3) is 10.4 Å². The molecule has 148 valence electrons. The van der Waals surface area contributed by atoms with Crippen LogP contribution >= 0.6 is 11.3 Å². The number of carbonyl (C=O) groups is 3. The monoisotopic (exact) mass is 401 g/mol. The molecule has 3 rings (SSSR count). The molecule has 6 nitrogen and oxygen atoms in total. The summed E-state index contributed by atoms with van der Waals surface area (Å²) in [6, 6.07) is 8.04. The van der Waals surface area contributed by atoms with Gasteiger partial charge in [0.2, 0.25) is 5.91 Å². The normalized spacial score (nSPS) is 11.5. The van der Waals surface area contributed by atoms with Crippen molar-refractivity contribution in [3.63, 3.8) is 0 Å². The minimum absolute atomic E-state index is 0.177. The second-order valence-electron chi connectivity index (χ2n) is 6.50. The van der Waals surface area contributed by atoms with Gasteiger partial charge < -0.3 is 14.8 Å². The molecule has 1 aliphatic rings. The van der Waals surface area contributed by atoms with Gasteiger partial charge in [-0.2, -0.15) is 0 Å². The highest BCUT2D eigenvalue weighted by atomic mass is 32.1. The Kier molecular flexibility index (Phi) is 6.46. The first-order chi connectivity index (χ1) is 13.5. The van der Waals surface area contributed by atoms with Gasteiger partial charge in [0.05, 0.1) is 19.3 Å². The van der Waals surface area contributed by atoms with E-state index in [1.165, 1.54) is 24.0 Å². The first-order valence-electron chi connectivity index (χ1n) is 9.32. The number of nitrogens with one attached hydrogen (secondary N) is 1. The van der Waals surface area contributed by atoms with Crippen molar-refractivity contribution < 1.29 is 23.9 Å². The minimum Gasteiger partial charge on any atom is -0.469 e. The molecule has 1 heterocycles. The van der Waals surface area contributed by atoms with Crippen LogP contribution in [-0.4, -0.2) is 31.6 Å². The van der Waals surface area contributed by atoms with E-state index in [9.17, 15) is 14.4 Å². The summed E-state index contributed by atoms with van der Waals surface area (Å²) < 4.78 is 9.83. The molecule has 28 heavy (non-hydrogen) atoms. The van der Waals surface area contributed by atoms with Crippen LogP contribution in [0.1, 0.15) is 54.1 Å². The molecule has 1 aromatic carbocycles. The molecule has 1 aliphatic carbocycles. The van der Waals surface area contributed by atoms with Crippen LogP contribution in [0.5, 0.6) is 0 Å². The van der Waals surface area contributed by atoms with E-state index in [2.05, 4.69) is 16.1 Å². The molecule has 1 N–H and O–H groups in total. The third kappa shape index (κ3) is 4.25. The zero-order chi connectivity index (χ0) is 20.1. The average molecular weight is 401 g/mol. The summed E-state index contributed by atoms with van der Waals surface area (Å²) in [7, 11) is 1.35. The number of hydrogen-bond donors (Lipinski definition) is 1. The van der Waals surface area contributed by atoms with Crippen molar-refractivity contribution in [2.24, 2.45) is 0 Å². The Balaban J connectivity index is 1.75. The number of carbonyl (C=O) groups excluding carboxylic acids is 3. The predicted octanol–water partition coefficient (Wildman–Crippen LogP) is 4.17. The van der Waals surface area contributed by atoms with Crippen LogP contribution < -0.4 is 5.32 Å². The van der Waals surface area contributed by atoms with E-state index in [1.54, 1.807) is 6.92 Å². The SMILES string of the molecule is CCOC(=O)c1c(NC(=O)CCCCC(=O)OC)sc2c1Cc1ccccc1-2. The first kappa shape index (κ1) is 20.1. The minimum atomic E-state index is -0.409. The number of benzene rings is 1. The van der Waals surface area contributed by atoms with Crippen LogP contribution in [-0.2, 0) is 25.5 Å². The van der Waals surface area contributed by atoms with Gasteiger partial charge in [0, 0.05) is 24.1 Å². The van der Waals surface area contributed by atoms with Crippen molar-refractivity contribution in [1.29, 1.82) is 0 Å². The molecule has 2 aromatic rings. The van der Waals surface area contributed by atoms with Crippen LogP contribution in [0.15, 0.2) is 24.3 Å². The summed E-state index contributed by atoms with van der Waals surface area (Å²) in [6.45, 7) is 2.04. The van der Waals surface area contributed by atoms with Gasteiger partial charge in [-0.05, 0) is 36.5 Å². The van der Waals surface area contributed by atoms with Crippen LogP contribution in [0.4, 0.5) is 5.00 Å². The molecule has 1 aromatic heterocycles. The van der Waals surface area contributed by atoms with Crippen molar-refractivity contribution in [3.05, 3.63) is 41.0 Å². The largest absolute Gasteiger partial charge is 0.469 e. The number of esters is 2. The number of anilines is 1. The van der Waals surface area contributed by atoms with Gasteiger partial charge in [-0.15, -0.1) is 11.3 Å². The Morgan fingerprint density at radius 3 is 2.64 bits per heavy atom. The van der Waals surface area contributed by atoms with E-state index in [1.807, 2.05) is 18.2 Å². The van der Waals surface area contributed by atoms with Gasteiger partial charge in [-0.1, -0.05) is 24.3 Å². The fourth-order valence-corrected chi connectivity index (χ4v) is 4.58. The second-order valence-corrected chi connectivity index (χ2v) is 7.52. The maximum atomic E-state index is 12.6. The summed E-state index contributed by atoms with van der Waals surface area (Å²) in [5.41, 5.74) is 3.66. The third-order valence-electron chi connectivity index (χ3n) is 4.63. The number of unbranched alkanes of at least 4 members (excludes halogenated alkanes) is 1. The topological polar surface area (TPSA) is 81.7 Å². The van der Waals surface area contributed by atoms with E-state index in [-0.39, 0.29) is 24.9 Å². The molecule has 0 unspecified atom stereocenters. The molecule has 0 fully saturated rings. The van der Waals surface area contributed by atoms with Crippen molar-refractivity contribution in [3.8, 4) is 10.4 Å². The Labute approximate surface area is 167 Å². The number of ether oxygens (including phenoxy) is 2. The molecule has 0 spiro atoms. The summed E-state index contributed by atoms with van der Waals surface area (Å²) in [4.78, 5) is 37.1. The van der Waals surface area contributed by atoms with Crippen molar-refractivity contribution in [2.75, 3.05) is 19.0 Å². The number of fused-ring (bicyclic) bond motifs is 3. The summed E-state index contributed by atoms with van der Waals surface area (Å²) >= 11 is 1.41. The highest BCUT2D eigenvalue weighted by Crippen LogP contribution is 2.47. The number of methoxy groups -OCH3 is 1. The van der Waals surface area contributed by atoms with E-state index in [0.29, 0.717) is 36.2 Å². The highest BCUT2D eigenvalue weighted by molar-refractivity contribution is 7.20. The second kappa shape index (κ2) is 9.01. The van der Waals surface area contributed by atoms with Gasteiger partial charge in [0.25, 0.3) is 0 Å². The van der Waals surface area contributed by atoms with Crippen molar-refractivity contribution in [2.45, 2.75) is 39.0 Å². The van der Waals surface area contributed by atoms with Crippen molar-refractivity contribution >= 4 is 34.2 Å². The lowest BCUT2D eigenvalue weighted by atomic mass is 10.1. The molecule has 0 radical (unpaired) electrons. The zero-order valence-corrected chi connectivity index (χ0v) is 16.8. The van der Waals surface area contributed by atoms with Crippen LogP contribution in [0.2, 0.25) is 0 Å². The average Bonchev–Trinajstić information content (AvgIpc) is 3.20. The maximum Gasteiger partial charge on any atom is 0.341 e. The zero-order valence-electron chi connectivity index (χ0n) is 16.0. The molecule has 0 saturated carbocycles. The lowest BCUT2D eigenvalue weighted by molar-refractivity contribution is -0.140. The summed E-state index contributed by atoms with van der Waals surface area (Å²) in [5.74, 6) is -0.865. The van der Waals surface area contributed by atoms with Crippen molar-refractivity contribution in [1.82, 2.24) is 0 Å².